The summed E-state index contributed by atoms with van der Waals surface area (Å²) in [6, 6.07) is 18.8. The van der Waals surface area contributed by atoms with Crippen LogP contribution in [0.25, 0.3) is 0 Å². The van der Waals surface area contributed by atoms with Gasteiger partial charge in [0.25, 0.3) is 5.91 Å². The number of carbonyl (C=O) groups excluding carboxylic acids is 2. The number of nitrogens with zero attached hydrogens (tertiary/aromatic N) is 1. The topological polar surface area (TPSA) is 71.1 Å². The fraction of sp³-hybridized carbons (Fsp3) is 0.136. The summed E-state index contributed by atoms with van der Waals surface area (Å²) in [7, 11) is 1.59. The molecule has 0 saturated heterocycles. The first kappa shape index (κ1) is 19.6. The lowest BCUT2D eigenvalue weighted by Gasteiger charge is -2.11. The van der Waals surface area contributed by atoms with Crippen LogP contribution in [0.2, 0.25) is 0 Å². The number of anilines is 1. The largest absolute Gasteiger partial charge is 0.359 e. The number of para-hydroxylation sites is 1. The van der Waals surface area contributed by atoms with Crippen LogP contribution in [0.1, 0.15) is 21.5 Å². The molecule has 2 amide bonds. The van der Waals surface area contributed by atoms with Crippen molar-refractivity contribution < 1.29 is 9.59 Å². The summed E-state index contributed by atoms with van der Waals surface area (Å²) >= 11 is 1.69. The van der Waals surface area contributed by atoms with Crippen LogP contribution < -0.4 is 10.6 Å². The fourth-order valence-electron chi connectivity index (χ4n) is 2.60. The molecule has 0 bridgehead atoms. The zero-order valence-electron chi connectivity index (χ0n) is 15.5. The van der Waals surface area contributed by atoms with E-state index in [0.717, 1.165) is 21.8 Å². The summed E-state index contributed by atoms with van der Waals surface area (Å²) in [5.41, 5.74) is 3.15. The van der Waals surface area contributed by atoms with E-state index in [1.165, 1.54) is 0 Å². The molecule has 142 valence electrons. The molecule has 0 saturated carbocycles. The van der Waals surface area contributed by atoms with Crippen LogP contribution in [0, 0.1) is 0 Å². The van der Waals surface area contributed by atoms with Crippen LogP contribution in [0.15, 0.2) is 78.0 Å². The molecule has 0 spiro atoms. The Morgan fingerprint density at radius 1 is 1.00 bits per heavy atom. The van der Waals surface area contributed by atoms with Gasteiger partial charge in [-0.2, -0.15) is 0 Å². The van der Waals surface area contributed by atoms with Gasteiger partial charge in [0, 0.05) is 41.3 Å². The van der Waals surface area contributed by atoms with Gasteiger partial charge in [0.05, 0.1) is 6.42 Å². The van der Waals surface area contributed by atoms with Gasteiger partial charge in [-0.05, 0) is 47.5 Å². The van der Waals surface area contributed by atoms with Gasteiger partial charge >= 0.3 is 0 Å². The Morgan fingerprint density at radius 2 is 1.79 bits per heavy atom. The standard InChI is InChI=1S/C22H21N3O2S/c1-23-21(26)13-18-6-2-3-7-20(18)25-22(27)17-8-10-19(11-9-17)28-15-16-5-4-12-24-14-16/h2-12,14H,13,15H2,1H3,(H,23,26)(H,25,27). The van der Waals surface area contributed by atoms with Gasteiger partial charge in [-0.25, -0.2) is 0 Å². The maximum absolute atomic E-state index is 12.6. The van der Waals surface area contributed by atoms with Crippen LogP contribution in [0.5, 0.6) is 0 Å². The van der Waals surface area contributed by atoms with E-state index in [1.54, 1.807) is 31.1 Å². The normalized spacial score (nSPS) is 10.3. The Bertz CT molecular complexity index is 944. The molecule has 5 nitrogen and oxygen atoms in total. The molecule has 0 aliphatic rings. The lowest BCUT2D eigenvalue weighted by atomic mass is 10.1. The van der Waals surface area contributed by atoms with Crippen LogP contribution in [-0.2, 0) is 17.0 Å². The number of thioether (sulfide) groups is 1. The van der Waals surface area contributed by atoms with Crippen molar-refractivity contribution in [1.29, 1.82) is 0 Å². The van der Waals surface area contributed by atoms with Crippen molar-refractivity contribution in [2.24, 2.45) is 0 Å². The molecular weight excluding hydrogens is 370 g/mol. The van der Waals surface area contributed by atoms with E-state index >= 15 is 0 Å². The Balaban J connectivity index is 1.63. The smallest absolute Gasteiger partial charge is 0.255 e. The van der Waals surface area contributed by atoms with Gasteiger partial charge in [0.15, 0.2) is 0 Å². The molecule has 3 aromatic rings. The number of benzene rings is 2. The number of likely N-dealkylation sites (N-methyl/N-ethyl adjacent to an activating group) is 1. The molecule has 1 heterocycles. The van der Waals surface area contributed by atoms with Gasteiger partial charge in [0.2, 0.25) is 5.91 Å². The highest BCUT2D eigenvalue weighted by Gasteiger charge is 2.11. The third-order valence-electron chi connectivity index (χ3n) is 4.14. The highest BCUT2D eigenvalue weighted by atomic mass is 32.2. The molecule has 6 heteroatoms. The van der Waals surface area contributed by atoms with E-state index in [2.05, 4.69) is 15.6 Å². The van der Waals surface area contributed by atoms with Gasteiger partial charge in [0.1, 0.15) is 0 Å². The highest BCUT2D eigenvalue weighted by Crippen LogP contribution is 2.23. The summed E-state index contributed by atoms with van der Waals surface area (Å²) in [4.78, 5) is 29.4. The van der Waals surface area contributed by atoms with Gasteiger partial charge in [-0.15, -0.1) is 11.8 Å². The fourth-order valence-corrected chi connectivity index (χ4v) is 3.44. The van der Waals surface area contributed by atoms with Crippen LogP contribution >= 0.6 is 11.8 Å². The third kappa shape index (κ3) is 5.44. The third-order valence-corrected chi connectivity index (χ3v) is 5.22. The van der Waals surface area contributed by atoms with Crippen LogP contribution in [-0.4, -0.2) is 23.8 Å². The lowest BCUT2D eigenvalue weighted by molar-refractivity contribution is -0.119. The average Bonchev–Trinajstić information content (AvgIpc) is 2.74. The van der Waals surface area contributed by atoms with Gasteiger partial charge in [-0.3, -0.25) is 14.6 Å². The van der Waals surface area contributed by atoms with Crippen molar-refractivity contribution in [2.75, 3.05) is 12.4 Å². The van der Waals surface area contributed by atoms with Crippen molar-refractivity contribution in [3.05, 3.63) is 89.7 Å². The van der Waals surface area contributed by atoms with E-state index in [4.69, 9.17) is 0 Å². The maximum atomic E-state index is 12.6. The Hall–Kier alpha value is -3.12. The average molecular weight is 391 g/mol. The minimum absolute atomic E-state index is 0.100. The van der Waals surface area contributed by atoms with Crippen LogP contribution in [0.3, 0.4) is 0 Å². The van der Waals surface area contributed by atoms with Crippen molar-refractivity contribution in [1.82, 2.24) is 10.3 Å². The van der Waals surface area contributed by atoms with E-state index in [1.807, 2.05) is 60.8 Å². The summed E-state index contributed by atoms with van der Waals surface area (Å²) in [6.45, 7) is 0. The summed E-state index contributed by atoms with van der Waals surface area (Å²) in [6.07, 6.45) is 3.83. The van der Waals surface area contributed by atoms with E-state index in [-0.39, 0.29) is 18.2 Å². The minimum atomic E-state index is -0.201. The molecule has 0 radical (unpaired) electrons. The van der Waals surface area contributed by atoms with Crippen molar-refractivity contribution in [3.8, 4) is 0 Å². The molecule has 0 fully saturated rings. The Morgan fingerprint density at radius 3 is 2.50 bits per heavy atom. The second-order valence-electron chi connectivity index (χ2n) is 6.14. The number of rotatable bonds is 7. The molecule has 0 unspecified atom stereocenters. The zero-order chi connectivity index (χ0) is 19.8. The maximum Gasteiger partial charge on any atom is 0.255 e. The Kier molecular flexibility index (Phi) is 6.81. The molecule has 28 heavy (non-hydrogen) atoms. The van der Waals surface area contributed by atoms with Crippen molar-refractivity contribution in [2.45, 2.75) is 17.1 Å². The molecule has 1 aromatic heterocycles. The number of amides is 2. The van der Waals surface area contributed by atoms with E-state index in [9.17, 15) is 9.59 Å². The molecule has 2 N–H and O–H groups in total. The summed E-state index contributed by atoms with van der Waals surface area (Å²) < 4.78 is 0. The summed E-state index contributed by atoms with van der Waals surface area (Å²) in [5, 5.41) is 5.50. The first-order chi connectivity index (χ1) is 13.7. The molecule has 2 aromatic carbocycles. The highest BCUT2D eigenvalue weighted by molar-refractivity contribution is 7.98. The second-order valence-corrected chi connectivity index (χ2v) is 7.18. The number of nitrogens with one attached hydrogen (secondary N) is 2. The second kappa shape index (κ2) is 9.71. The van der Waals surface area contributed by atoms with Crippen LogP contribution in [0.4, 0.5) is 5.69 Å². The molecule has 0 atom stereocenters. The van der Waals surface area contributed by atoms with Crippen molar-refractivity contribution in [3.63, 3.8) is 0 Å². The molecule has 3 rings (SSSR count). The van der Waals surface area contributed by atoms with Gasteiger partial charge < -0.3 is 10.6 Å². The summed E-state index contributed by atoms with van der Waals surface area (Å²) in [5.74, 6) is 0.525. The first-order valence-electron chi connectivity index (χ1n) is 8.87. The molecule has 0 aliphatic carbocycles. The minimum Gasteiger partial charge on any atom is -0.359 e. The first-order valence-corrected chi connectivity index (χ1v) is 9.86. The van der Waals surface area contributed by atoms with E-state index < -0.39 is 0 Å². The predicted octanol–water partition coefficient (Wildman–Crippen LogP) is 3.91. The molecule has 0 aliphatic heterocycles. The van der Waals surface area contributed by atoms with Gasteiger partial charge in [-0.1, -0.05) is 24.3 Å². The lowest BCUT2D eigenvalue weighted by Crippen LogP contribution is -2.21. The number of carbonyl (C=O) groups is 2. The predicted molar refractivity (Wildman–Crippen MR) is 112 cm³/mol. The quantitative estimate of drug-likeness (QED) is 0.599. The monoisotopic (exact) mass is 391 g/mol. The van der Waals surface area contributed by atoms with Crippen molar-refractivity contribution >= 4 is 29.3 Å². The Labute approximate surface area is 168 Å². The number of hydrogen-bond acceptors (Lipinski definition) is 4. The molecular formula is C22H21N3O2S. The zero-order valence-corrected chi connectivity index (χ0v) is 16.3. The number of aromatic nitrogens is 1. The number of pyridine rings is 1. The van der Waals surface area contributed by atoms with E-state index in [0.29, 0.717) is 11.3 Å². The SMILES string of the molecule is CNC(=O)Cc1ccccc1NC(=O)c1ccc(SCc2cccnc2)cc1. The number of hydrogen-bond donors (Lipinski definition) is 2.